The quantitative estimate of drug-likeness (QED) is 0.501. The van der Waals surface area contributed by atoms with E-state index in [0.717, 1.165) is 68.8 Å². The van der Waals surface area contributed by atoms with E-state index < -0.39 is 0 Å². The Balaban J connectivity index is 1.54. The third-order valence-electron chi connectivity index (χ3n) is 5.52. The van der Waals surface area contributed by atoms with E-state index in [-0.39, 0.29) is 0 Å². The van der Waals surface area contributed by atoms with Gasteiger partial charge in [-0.05, 0) is 50.6 Å². The van der Waals surface area contributed by atoms with Crippen molar-refractivity contribution in [2.24, 2.45) is 4.99 Å². The van der Waals surface area contributed by atoms with Gasteiger partial charge in [0, 0.05) is 45.5 Å². The van der Waals surface area contributed by atoms with Gasteiger partial charge >= 0.3 is 0 Å². The normalized spacial score (nSPS) is 15.1. The first-order chi connectivity index (χ1) is 15.1. The summed E-state index contributed by atoms with van der Waals surface area (Å²) in [6.07, 6.45) is 2.81. The van der Waals surface area contributed by atoms with E-state index in [4.69, 9.17) is 9.73 Å². The zero-order valence-corrected chi connectivity index (χ0v) is 19.3. The molecule has 7 nitrogen and oxygen atoms in total. The number of rotatable bonds is 8. The summed E-state index contributed by atoms with van der Waals surface area (Å²) in [5.41, 5.74) is 3.55. The van der Waals surface area contributed by atoms with Crippen molar-refractivity contribution in [3.05, 3.63) is 53.2 Å². The van der Waals surface area contributed by atoms with E-state index in [2.05, 4.69) is 70.6 Å². The molecular formula is C24H36N6O. The van der Waals surface area contributed by atoms with Crippen LogP contribution in [0.25, 0.3) is 0 Å². The Morgan fingerprint density at radius 3 is 2.61 bits per heavy atom. The summed E-state index contributed by atoms with van der Waals surface area (Å²) in [7, 11) is 3.88. The summed E-state index contributed by atoms with van der Waals surface area (Å²) in [6, 6.07) is 10.5. The molecule has 31 heavy (non-hydrogen) atoms. The SMILES string of the molecule is CCNC(=NCc1ccc(N2CCN(C)CC2)nc1)NCCc1cc(C)ccc1OC. The number of aryl methyl sites for hydroxylation is 1. The third-order valence-corrected chi connectivity index (χ3v) is 5.52. The molecule has 0 aliphatic carbocycles. The van der Waals surface area contributed by atoms with Gasteiger partial charge in [0.15, 0.2) is 5.96 Å². The van der Waals surface area contributed by atoms with Gasteiger partial charge in [0.05, 0.1) is 13.7 Å². The Labute approximate surface area is 186 Å². The maximum Gasteiger partial charge on any atom is 0.191 e. The number of hydrogen-bond acceptors (Lipinski definition) is 5. The number of pyridine rings is 1. The smallest absolute Gasteiger partial charge is 0.191 e. The number of anilines is 1. The van der Waals surface area contributed by atoms with Gasteiger partial charge in [-0.1, -0.05) is 23.8 Å². The average molecular weight is 425 g/mol. The van der Waals surface area contributed by atoms with Gasteiger partial charge in [-0.15, -0.1) is 0 Å². The van der Waals surface area contributed by atoms with Gasteiger partial charge in [-0.3, -0.25) is 0 Å². The summed E-state index contributed by atoms with van der Waals surface area (Å²) in [5, 5.41) is 6.75. The van der Waals surface area contributed by atoms with Gasteiger partial charge in [0.1, 0.15) is 11.6 Å². The number of ether oxygens (including phenoxy) is 1. The van der Waals surface area contributed by atoms with Gasteiger partial charge in [0.25, 0.3) is 0 Å². The summed E-state index contributed by atoms with van der Waals surface area (Å²) in [6.45, 7) is 10.6. The van der Waals surface area contributed by atoms with Crippen LogP contribution in [0.3, 0.4) is 0 Å². The molecule has 1 aliphatic heterocycles. The molecule has 0 spiro atoms. The number of aliphatic imine (C=N–C) groups is 1. The fourth-order valence-corrected chi connectivity index (χ4v) is 3.66. The molecule has 0 radical (unpaired) electrons. The van der Waals surface area contributed by atoms with Crippen molar-refractivity contribution in [3.8, 4) is 5.75 Å². The standard InChI is InChI=1S/C24H36N6O/c1-5-25-24(26-11-10-21-16-19(2)6-8-22(21)31-4)28-18-20-7-9-23(27-17-20)30-14-12-29(3)13-15-30/h6-9,16-17H,5,10-15,18H2,1-4H3,(H2,25,26,28). The Morgan fingerprint density at radius 2 is 1.94 bits per heavy atom. The Hall–Kier alpha value is -2.80. The first-order valence-electron chi connectivity index (χ1n) is 11.1. The highest BCUT2D eigenvalue weighted by atomic mass is 16.5. The molecule has 168 valence electrons. The average Bonchev–Trinajstić information content (AvgIpc) is 2.78. The molecule has 0 saturated carbocycles. The molecule has 7 heteroatoms. The number of hydrogen-bond donors (Lipinski definition) is 2. The Morgan fingerprint density at radius 1 is 1.13 bits per heavy atom. The summed E-state index contributed by atoms with van der Waals surface area (Å²) < 4.78 is 5.48. The van der Waals surface area contributed by atoms with E-state index in [1.165, 1.54) is 11.1 Å². The predicted octanol–water partition coefficient (Wildman–Crippen LogP) is 2.45. The zero-order chi connectivity index (χ0) is 22.1. The van der Waals surface area contributed by atoms with Crippen LogP contribution in [0.5, 0.6) is 5.75 Å². The lowest BCUT2D eigenvalue weighted by Crippen LogP contribution is -2.44. The van der Waals surface area contributed by atoms with Gasteiger partial charge in [-0.2, -0.15) is 0 Å². The molecule has 0 unspecified atom stereocenters. The lowest BCUT2D eigenvalue weighted by atomic mass is 10.1. The molecule has 0 bridgehead atoms. The molecule has 1 saturated heterocycles. The van der Waals surface area contributed by atoms with Crippen LogP contribution < -0.4 is 20.3 Å². The topological polar surface area (TPSA) is 65.0 Å². The van der Waals surface area contributed by atoms with Crippen LogP contribution in [0.1, 0.15) is 23.6 Å². The van der Waals surface area contributed by atoms with Crippen molar-refractivity contribution in [2.75, 3.05) is 58.3 Å². The maximum atomic E-state index is 5.48. The maximum absolute atomic E-state index is 5.48. The predicted molar refractivity (Wildman–Crippen MR) is 128 cm³/mol. The van der Waals surface area contributed by atoms with E-state index in [1.54, 1.807) is 7.11 Å². The van der Waals surface area contributed by atoms with Crippen LogP contribution in [0.2, 0.25) is 0 Å². The minimum Gasteiger partial charge on any atom is -0.496 e. The minimum absolute atomic E-state index is 0.596. The molecule has 1 aliphatic rings. The molecule has 1 aromatic heterocycles. The largest absolute Gasteiger partial charge is 0.496 e. The number of guanidine groups is 1. The third kappa shape index (κ3) is 6.85. The molecule has 2 heterocycles. The van der Waals surface area contributed by atoms with Crippen molar-refractivity contribution in [1.29, 1.82) is 0 Å². The Bertz CT molecular complexity index is 844. The van der Waals surface area contributed by atoms with E-state index >= 15 is 0 Å². The van der Waals surface area contributed by atoms with Gasteiger partial charge in [0.2, 0.25) is 0 Å². The number of piperazine rings is 1. The number of nitrogens with zero attached hydrogens (tertiary/aromatic N) is 4. The Kier molecular flexibility index (Phi) is 8.53. The van der Waals surface area contributed by atoms with Crippen LogP contribution in [-0.4, -0.2) is 69.3 Å². The molecule has 3 rings (SSSR count). The van der Waals surface area contributed by atoms with Crippen molar-refractivity contribution in [2.45, 2.75) is 26.8 Å². The van der Waals surface area contributed by atoms with E-state index in [9.17, 15) is 0 Å². The fraction of sp³-hybridized carbons (Fsp3) is 0.500. The highest BCUT2D eigenvalue weighted by molar-refractivity contribution is 5.79. The van der Waals surface area contributed by atoms with E-state index in [0.29, 0.717) is 6.54 Å². The summed E-state index contributed by atoms with van der Waals surface area (Å²) >= 11 is 0. The number of methoxy groups -OCH3 is 1. The van der Waals surface area contributed by atoms with Crippen LogP contribution in [0, 0.1) is 6.92 Å². The second-order valence-electron chi connectivity index (χ2n) is 8.00. The van der Waals surface area contributed by atoms with E-state index in [1.807, 2.05) is 12.3 Å². The van der Waals surface area contributed by atoms with Crippen molar-refractivity contribution < 1.29 is 4.74 Å². The minimum atomic E-state index is 0.596. The fourth-order valence-electron chi connectivity index (χ4n) is 3.66. The number of likely N-dealkylation sites (N-methyl/N-ethyl adjacent to an activating group) is 1. The summed E-state index contributed by atoms with van der Waals surface area (Å²) in [4.78, 5) is 14.1. The highest BCUT2D eigenvalue weighted by Crippen LogP contribution is 2.19. The monoisotopic (exact) mass is 424 g/mol. The highest BCUT2D eigenvalue weighted by Gasteiger charge is 2.14. The first kappa shape index (κ1) is 22.9. The van der Waals surface area contributed by atoms with Crippen LogP contribution >= 0.6 is 0 Å². The van der Waals surface area contributed by atoms with Crippen molar-refractivity contribution >= 4 is 11.8 Å². The second-order valence-corrected chi connectivity index (χ2v) is 8.00. The lowest BCUT2D eigenvalue weighted by Gasteiger charge is -2.33. The molecule has 0 atom stereocenters. The zero-order valence-electron chi connectivity index (χ0n) is 19.3. The molecule has 0 amide bonds. The molecule has 1 aromatic carbocycles. The van der Waals surface area contributed by atoms with Gasteiger partial charge in [-0.25, -0.2) is 9.98 Å². The lowest BCUT2D eigenvalue weighted by molar-refractivity contribution is 0.312. The van der Waals surface area contributed by atoms with Crippen molar-refractivity contribution in [3.63, 3.8) is 0 Å². The van der Waals surface area contributed by atoms with Crippen LogP contribution in [0.4, 0.5) is 5.82 Å². The molecule has 1 fully saturated rings. The van der Waals surface area contributed by atoms with Crippen LogP contribution in [0.15, 0.2) is 41.5 Å². The summed E-state index contributed by atoms with van der Waals surface area (Å²) in [5.74, 6) is 2.80. The molecule has 2 aromatic rings. The molecule has 2 N–H and O–H groups in total. The first-order valence-corrected chi connectivity index (χ1v) is 11.1. The second kappa shape index (κ2) is 11.6. The number of nitrogens with one attached hydrogen (secondary N) is 2. The van der Waals surface area contributed by atoms with Crippen molar-refractivity contribution in [1.82, 2.24) is 20.5 Å². The van der Waals surface area contributed by atoms with Crippen LogP contribution in [-0.2, 0) is 13.0 Å². The molecular weight excluding hydrogens is 388 g/mol. The number of benzene rings is 1. The van der Waals surface area contributed by atoms with Gasteiger partial charge < -0.3 is 25.2 Å². The number of aromatic nitrogens is 1.